The van der Waals surface area contributed by atoms with E-state index in [9.17, 15) is 4.79 Å². The van der Waals surface area contributed by atoms with Crippen LogP contribution in [0.15, 0.2) is 54.6 Å². The second-order valence-corrected chi connectivity index (χ2v) is 5.34. The third-order valence-electron chi connectivity index (χ3n) is 4.03. The first-order valence-corrected chi connectivity index (χ1v) is 7.51. The Hall–Kier alpha value is -2.49. The van der Waals surface area contributed by atoms with E-state index in [2.05, 4.69) is 17.0 Å². The summed E-state index contributed by atoms with van der Waals surface area (Å²) in [6.07, 6.45) is 0. The summed E-state index contributed by atoms with van der Waals surface area (Å²) in [6, 6.07) is 17.6. The van der Waals surface area contributed by atoms with Crippen molar-refractivity contribution in [2.24, 2.45) is 0 Å². The van der Waals surface area contributed by atoms with Crippen molar-refractivity contribution in [2.45, 2.75) is 0 Å². The average molecular weight is 296 g/mol. The van der Waals surface area contributed by atoms with Gasteiger partial charge < -0.3 is 14.5 Å². The number of benzene rings is 2. The number of piperazine rings is 1. The molecule has 0 N–H and O–H groups in total. The van der Waals surface area contributed by atoms with Crippen molar-refractivity contribution in [3.05, 3.63) is 60.2 Å². The minimum atomic E-state index is 0.0929. The smallest absolute Gasteiger partial charge is 0.253 e. The van der Waals surface area contributed by atoms with E-state index in [1.807, 2.05) is 47.4 Å². The molecule has 2 aromatic rings. The van der Waals surface area contributed by atoms with Crippen molar-refractivity contribution in [3.63, 3.8) is 0 Å². The minimum Gasteiger partial charge on any atom is -0.497 e. The van der Waals surface area contributed by atoms with Gasteiger partial charge in [0.2, 0.25) is 0 Å². The van der Waals surface area contributed by atoms with Crippen molar-refractivity contribution in [1.29, 1.82) is 0 Å². The molecule has 0 atom stereocenters. The molecule has 0 aromatic heterocycles. The zero-order valence-corrected chi connectivity index (χ0v) is 12.7. The summed E-state index contributed by atoms with van der Waals surface area (Å²) < 4.78 is 5.13. The van der Waals surface area contributed by atoms with Crippen molar-refractivity contribution in [3.8, 4) is 5.75 Å². The molecule has 22 heavy (non-hydrogen) atoms. The number of rotatable bonds is 3. The van der Waals surface area contributed by atoms with Gasteiger partial charge in [-0.2, -0.15) is 0 Å². The number of methoxy groups -OCH3 is 1. The second-order valence-electron chi connectivity index (χ2n) is 5.34. The Morgan fingerprint density at radius 3 is 2.14 bits per heavy atom. The molecule has 1 saturated heterocycles. The van der Waals surface area contributed by atoms with Gasteiger partial charge in [-0.05, 0) is 36.4 Å². The van der Waals surface area contributed by atoms with Crippen LogP contribution in [0.2, 0.25) is 0 Å². The number of amides is 1. The molecule has 0 radical (unpaired) electrons. The summed E-state index contributed by atoms with van der Waals surface area (Å²) in [6.45, 7) is 3.23. The number of carbonyl (C=O) groups excluding carboxylic acids is 1. The summed E-state index contributed by atoms with van der Waals surface area (Å²) in [5.74, 6) is 0.862. The fraction of sp³-hybridized carbons (Fsp3) is 0.278. The molecular weight excluding hydrogens is 276 g/mol. The van der Waals surface area contributed by atoms with E-state index >= 15 is 0 Å². The van der Waals surface area contributed by atoms with Crippen molar-refractivity contribution in [1.82, 2.24) is 4.90 Å². The van der Waals surface area contributed by atoms with Crippen molar-refractivity contribution >= 4 is 11.6 Å². The Labute approximate surface area is 130 Å². The van der Waals surface area contributed by atoms with Gasteiger partial charge in [0.05, 0.1) is 7.11 Å². The Morgan fingerprint density at radius 1 is 0.909 bits per heavy atom. The van der Waals surface area contributed by atoms with Gasteiger partial charge in [-0.25, -0.2) is 0 Å². The molecule has 1 aliphatic heterocycles. The Kier molecular flexibility index (Phi) is 4.28. The van der Waals surface area contributed by atoms with E-state index < -0.39 is 0 Å². The van der Waals surface area contributed by atoms with Crippen LogP contribution in [0.3, 0.4) is 0 Å². The van der Waals surface area contributed by atoms with Crippen LogP contribution in [0.1, 0.15) is 10.4 Å². The lowest BCUT2D eigenvalue weighted by atomic mass is 10.1. The van der Waals surface area contributed by atoms with E-state index in [-0.39, 0.29) is 5.91 Å². The molecule has 0 spiro atoms. The Bertz CT molecular complexity index is 617. The van der Waals surface area contributed by atoms with Crippen molar-refractivity contribution in [2.75, 3.05) is 38.2 Å². The predicted octanol–water partition coefficient (Wildman–Crippen LogP) is 2.66. The monoisotopic (exact) mass is 296 g/mol. The molecule has 114 valence electrons. The van der Waals surface area contributed by atoms with E-state index in [4.69, 9.17) is 4.74 Å². The summed E-state index contributed by atoms with van der Waals surface area (Å²) in [5, 5.41) is 0. The third kappa shape index (κ3) is 3.06. The second kappa shape index (κ2) is 6.52. The molecular formula is C18H20N2O2. The SMILES string of the molecule is COc1ccc(C(=O)N2CCN(c3ccccc3)CC2)cc1. The van der Waals surface area contributed by atoms with E-state index in [0.717, 1.165) is 31.9 Å². The van der Waals surface area contributed by atoms with Crippen LogP contribution in [0, 0.1) is 0 Å². The number of ether oxygens (including phenoxy) is 1. The maximum absolute atomic E-state index is 12.5. The molecule has 0 unspecified atom stereocenters. The van der Waals surface area contributed by atoms with Crippen LogP contribution in [0.5, 0.6) is 5.75 Å². The molecule has 0 saturated carbocycles. The maximum atomic E-state index is 12.5. The van der Waals surface area contributed by atoms with Gasteiger partial charge in [0.15, 0.2) is 0 Å². The zero-order chi connectivity index (χ0) is 15.4. The van der Waals surface area contributed by atoms with Gasteiger partial charge in [-0.1, -0.05) is 18.2 Å². The highest BCUT2D eigenvalue weighted by atomic mass is 16.5. The van der Waals surface area contributed by atoms with Gasteiger partial charge >= 0.3 is 0 Å². The molecule has 0 aliphatic carbocycles. The first-order valence-electron chi connectivity index (χ1n) is 7.51. The van der Waals surface area contributed by atoms with E-state index in [0.29, 0.717) is 5.56 Å². The topological polar surface area (TPSA) is 32.8 Å². The van der Waals surface area contributed by atoms with Gasteiger partial charge in [-0.15, -0.1) is 0 Å². The highest BCUT2D eigenvalue weighted by Gasteiger charge is 2.22. The number of nitrogens with zero attached hydrogens (tertiary/aromatic N) is 2. The minimum absolute atomic E-state index is 0.0929. The quantitative estimate of drug-likeness (QED) is 0.873. The van der Waals surface area contributed by atoms with Crippen LogP contribution in [-0.2, 0) is 0 Å². The Morgan fingerprint density at radius 2 is 1.55 bits per heavy atom. The Balaban J connectivity index is 1.62. The number of hydrogen-bond donors (Lipinski definition) is 0. The summed E-state index contributed by atoms with van der Waals surface area (Å²) >= 11 is 0. The summed E-state index contributed by atoms with van der Waals surface area (Å²) in [4.78, 5) is 16.7. The molecule has 4 heteroatoms. The summed E-state index contributed by atoms with van der Waals surface area (Å²) in [7, 11) is 1.62. The fourth-order valence-electron chi connectivity index (χ4n) is 2.72. The van der Waals surface area contributed by atoms with Crippen LogP contribution in [-0.4, -0.2) is 44.1 Å². The first kappa shape index (κ1) is 14.4. The number of anilines is 1. The molecule has 4 nitrogen and oxygen atoms in total. The van der Waals surface area contributed by atoms with Crippen LogP contribution >= 0.6 is 0 Å². The highest BCUT2D eigenvalue weighted by Crippen LogP contribution is 2.18. The average Bonchev–Trinajstić information content (AvgIpc) is 2.62. The van der Waals surface area contributed by atoms with Crippen LogP contribution in [0.25, 0.3) is 0 Å². The van der Waals surface area contributed by atoms with E-state index in [1.165, 1.54) is 5.69 Å². The number of para-hydroxylation sites is 1. The number of hydrogen-bond acceptors (Lipinski definition) is 3. The van der Waals surface area contributed by atoms with Gasteiger partial charge in [0.25, 0.3) is 5.91 Å². The normalized spacial score (nSPS) is 14.8. The van der Waals surface area contributed by atoms with Crippen LogP contribution in [0.4, 0.5) is 5.69 Å². The fourth-order valence-corrected chi connectivity index (χ4v) is 2.72. The lowest BCUT2D eigenvalue weighted by Gasteiger charge is -2.36. The zero-order valence-electron chi connectivity index (χ0n) is 12.7. The standard InChI is InChI=1S/C18H20N2O2/c1-22-17-9-7-15(8-10-17)18(21)20-13-11-19(12-14-20)16-5-3-2-4-6-16/h2-10H,11-14H2,1H3. The maximum Gasteiger partial charge on any atom is 0.253 e. The number of carbonyl (C=O) groups is 1. The largest absolute Gasteiger partial charge is 0.497 e. The lowest BCUT2D eigenvalue weighted by molar-refractivity contribution is 0.0747. The first-order chi connectivity index (χ1) is 10.8. The van der Waals surface area contributed by atoms with Gasteiger partial charge in [0, 0.05) is 37.4 Å². The molecule has 0 bridgehead atoms. The van der Waals surface area contributed by atoms with Crippen LogP contribution < -0.4 is 9.64 Å². The third-order valence-corrected chi connectivity index (χ3v) is 4.03. The molecule has 1 fully saturated rings. The molecule has 1 aliphatic rings. The molecule has 2 aromatic carbocycles. The predicted molar refractivity (Wildman–Crippen MR) is 87.6 cm³/mol. The van der Waals surface area contributed by atoms with Gasteiger partial charge in [0.1, 0.15) is 5.75 Å². The highest BCUT2D eigenvalue weighted by molar-refractivity contribution is 5.94. The van der Waals surface area contributed by atoms with Gasteiger partial charge in [-0.3, -0.25) is 4.79 Å². The molecule has 1 amide bonds. The molecule has 1 heterocycles. The van der Waals surface area contributed by atoms with Crippen molar-refractivity contribution < 1.29 is 9.53 Å². The summed E-state index contributed by atoms with van der Waals surface area (Å²) in [5.41, 5.74) is 1.94. The lowest BCUT2D eigenvalue weighted by Crippen LogP contribution is -2.48. The molecule has 3 rings (SSSR count). The van der Waals surface area contributed by atoms with E-state index in [1.54, 1.807) is 7.11 Å².